The fourth-order valence-corrected chi connectivity index (χ4v) is 3.43. The Labute approximate surface area is 151 Å². The van der Waals surface area contributed by atoms with Gasteiger partial charge in [-0.25, -0.2) is 0 Å². The molecule has 3 heterocycles. The maximum Gasteiger partial charge on any atom is 0.271 e. The number of nitrogens with one attached hydrogen (secondary N) is 2. The SMILES string of the molecule is COCCNC(=O)c1cc2n(n1)CCN(Cc1c[nH]c3ccccc13)C2. The predicted octanol–water partition coefficient (Wildman–Crippen LogP) is 1.76. The van der Waals surface area contributed by atoms with Crippen LogP contribution in [0.25, 0.3) is 10.9 Å². The molecule has 7 nitrogen and oxygen atoms in total. The standard InChI is InChI=1S/C19H23N5O2/c1-26-9-6-20-19(25)18-10-15-13-23(7-8-24(15)22-18)12-14-11-21-17-5-3-2-4-16(14)17/h2-5,10-11,21H,6-9,12-13H2,1H3,(H,20,25). The molecule has 0 radical (unpaired) electrons. The number of benzene rings is 1. The third-order valence-electron chi connectivity index (χ3n) is 4.77. The summed E-state index contributed by atoms with van der Waals surface area (Å²) < 4.78 is 6.90. The second kappa shape index (κ2) is 7.31. The molecule has 0 saturated carbocycles. The van der Waals surface area contributed by atoms with Gasteiger partial charge in [0, 0.05) is 50.4 Å². The van der Waals surface area contributed by atoms with Crippen molar-refractivity contribution in [3.63, 3.8) is 0 Å². The van der Waals surface area contributed by atoms with Crippen molar-refractivity contribution in [1.82, 2.24) is 25.0 Å². The van der Waals surface area contributed by atoms with Crippen molar-refractivity contribution in [3.8, 4) is 0 Å². The van der Waals surface area contributed by atoms with Crippen molar-refractivity contribution in [2.24, 2.45) is 0 Å². The number of carbonyl (C=O) groups excluding carboxylic acids is 1. The van der Waals surface area contributed by atoms with Crippen molar-refractivity contribution in [2.75, 3.05) is 26.8 Å². The number of aromatic nitrogens is 3. The zero-order valence-corrected chi connectivity index (χ0v) is 14.9. The highest BCUT2D eigenvalue weighted by Crippen LogP contribution is 2.22. The maximum atomic E-state index is 12.2. The van der Waals surface area contributed by atoms with Crippen molar-refractivity contribution >= 4 is 16.8 Å². The molecule has 4 rings (SSSR count). The van der Waals surface area contributed by atoms with E-state index in [1.54, 1.807) is 7.11 Å². The largest absolute Gasteiger partial charge is 0.383 e. The van der Waals surface area contributed by atoms with E-state index in [1.165, 1.54) is 16.5 Å². The van der Waals surface area contributed by atoms with E-state index in [-0.39, 0.29) is 5.91 Å². The Kier molecular flexibility index (Phi) is 4.73. The second-order valence-electron chi connectivity index (χ2n) is 6.56. The molecule has 2 aromatic heterocycles. The van der Waals surface area contributed by atoms with Crippen LogP contribution in [0, 0.1) is 0 Å². The van der Waals surface area contributed by atoms with Crippen molar-refractivity contribution in [2.45, 2.75) is 19.6 Å². The van der Waals surface area contributed by atoms with E-state index in [9.17, 15) is 4.79 Å². The third kappa shape index (κ3) is 3.36. The molecule has 0 unspecified atom stereocenters. The first kappa shape index (κ1) is 16.8. The average Bonchev–Trinajstić information content (AvgIpc) is 3.26. The van der Waals surface area contributed by atoms with E-state index < -0.39 is 0 Å². The number of nitrogens with zero attached hydrogens (tertiary/aromatic N) is 3. The molecule has 0 fully saturated rings. The molecule has 0 atom stereocenters. The topological polar surface area (TPSA) is 75.2 Å². The Morgan fingerprint density at radius 1 is 1.35 bits per heavy atom. The molecule has 1 amide bonds. The Hall–Kier alpha value is -2.64. The van der Waals surface area contributed by atoms with Gasteiger partial charge in [-0.2, -0.15) is 5.10 Å². The van der Waals surface area contributed by atoms with Gasteiger partial charge in [-0.1, -0.05) is 18.2 Å². The molecule has 1 aliphatic rings. The summed E-state index contributed by atoms with van der Waals surface area (Å²) in [6.07, 6.45) is 2.09. The van der Waals surface area contributed by atoms with Gasteiger partial charge in [0.1, 0.15) is 5.69 Å². The van der Waals surface area contributed by atoms with E-state index in [4.69, 9.17) is 4.74 Å². The molecule has 1 aromatic carbocycles. The van der Waals surface area contributed by atoms with Gasteiger partial charge in [0.2, 0.25) is 0 Å². The Morgan fingerprint density at radius 2 is 2.23 bits per heavy atom. The number of carbonyl (C=O) groups is 1. The highest BCUT2D eigenvalue weighted by Gasteiger charge is 2.21. The number of methoxy groups -OCH3 is 1. The first-order valence-corrected chi connectivity index (χ1v) is 8.86. The van der Waals surface area contributed by atoms with Crippen LogP contribution in [0.3, 0.4) is 0 Å². The van der Waals surface area contributed by atoms with Crippen LogP contribution in [-0.4, -0.2) is 52.4 Å². The van der Waals surface area contributed by atoms with Gasteiger partial charge in [0.15, 0.2) is 0 Å². The molecular weight excluding hydrogens is 330 g/mol. The lowest BCUT2D eigenvalue weighted by Gasteiger charge is -2.27. The summed E-state index contributed by atoms with van der Waals surface area (Å²) >= 11 is 0. The van der Waals surface area contributed by atoms with Gasteiger partial charge >= 0.3 is 0 Å². The molecule has 0 saturated heterocycles. The zero-order valence-electron chi connectivity index (χ0n) is 14.9. The smallest absolute Gasteiger partial charge is 0.271 e. The number of para-hydroxylation sites is 1. The highest BCUT2D eigenvalue weighted by atomic mass is 16.5. The van der Waals surface area contributed by atoms with E-state index >= 15 is 0 Å². The fraction of sp³-hybridized carbons (Fsp3) is 0.368. The molecule has 0 aliphatic carbocycles. The molecule has 26 heavy (non-hydrogen) atoms. The van der Waals surface area contributed by atoms with Gasteiger partial charge in [-0.15, -0.1) is 0 Å². The molecule has 2 N–H and O–H groups in total. The Balaban J connectivity index is 1.44. The number of rotatable bonds is 6. The van der Waals surface area contributed by atoms with Crippen LogP contribution in [0.5, 0.6) is 0 Å². The molecule has 0 spiro atoms. The van der Waals surface area contributed by atoms with Crippen molar-refractivity contribution in [1.29, 1.82) is 0 Å². The van der Waals surface area contributed by atoms with E-state index in [2.05, 4.69) is 44.7 Å². The summed E-state index contributed by atoms with van der Waals surface area (Å²) in [5.74, 6) is -0.146. The number of amides is 1. The molecule has 3 aromatic rings. The monoisotopic (exact) mass is 353 g/mol. The lowest BCUT2D eigenvalue weighted by atomic mass is 10.1. The minimum atomic E-state index is -0.146. The lowest BCUT2D eigenvalue weighted by Crippen LogP contribution is -2.33. The maximum absolute atomic E-state index is 12.2. The van der Waals surface area contributed by atoms with Crippen LogP contribution in [0.1, 0.15) is 21.7 Å². The zero-order chi connectivity index (χ0) is 17.9. The van der Waals surface area contributed by atoms with Crippen molar-refractivity contribution < 1.29 is 9.53 Å². The highest BCUT2D eigenvalue weighted by molar-refractivity contribution is 5.92. The number of fused-ring (bicyclic) bond motifs is 2. The summed E-state index contributed by atoms with van der Waals surface area (Å²) in [6.45, 7) is 4.37. The third-order valence-corrected chi connectivity index (χ3v) is 4.77. The molecule has 136 valence electrons. The average molecular weight is 353 g/mol. The minimum Gasteiger partial charge on any atom is -0.383 e. The molecule has 7 heteroatoms. The van der Waals surface area contributed by atoms with Crippen LogP contribution in [0.2, 0.25) is 0 Å². The van der Waals surface area contributed by atoms with Gasteiger partial charge < -0.3 is 15.0 Å². The Bertz CT molecular complexity index is 914. The van der Waals surface area contributed by atoms with Crippen LogP contribution < -0.4 is 5.32 Å². The van der Waals surface area contributed by atoms with Crippen LogP contribution in [0.15, 0.2) is 36.5 Å². The number of hydrogen-bond acceptors (Lipinski definition) is 4. The number of hydrogen-bond donors (Lipinski definition) is 2. The molecule has 0 bridgehead atoms. The van der Waals surface area contributed by atoms with Crippen LogP contribution in [-0.2, 0) is 24.4 Å². The summed E-state index contributed by atoms with van der Waals surface area (Å²) in [6, 6.07) is 10.3. The molecular formula is C19H23N5O2. The summed E-state index contributed by atoms with van der Waals surface area (Å²) in [4.78, 5) is 17.9. The van der Waals surface area contributed by atoms with Crippen LogP contribution in [0.4, 0.5) is 0 Å². The first-order chi connectivity index (χ1) is 12.7. The van der Waals surface area contributed by atoms with E-state index in [0.717, 1.165) is 31.9 Å². The Morgan fingerprint density at radius 3 is 3.12 bits per heavy atom. The van der Waals surface area contributed by atoms with Gasteiger partial charge in [0.05, 0.1) is 18.8 Å². The number of H-pyrrole nitrogens is 1. The normalized spacial score (nSPS) is 14.5. The fourth-order valence-electron chi connectivity index (χ4n) is 3.43. The van der Waals surface area contributed by atoms with Gasteiger partial charge in [-0.3, -0.25) is 14.4 Å². The second-order valence-corrected chi connectivity index (χ2v) is 6.56. The molecule has 1 aliphatic heterocycles. The minimum absolute atomic E-state index is 0.146. The van der Waals surface area contributed by atoms with E-state index in [1.807, 2.05) is 16.8 Å². The van der Waals surface area contributed by atoms with Crippen LogP contribution >= 0.6 is 0 Å². The number of aromatic amines is 1. The quantitative estimate of drug-likeness (QED) is 0.662. The first-order valence-electron chi connectivity index (χ1n) is 8.86. The van der Waals surface area contributed by atoms with E-state index in [0.29, 0.717) is 18.8 Å². The summed E-state index contributed by atoms with van der Waals surface area (Å²) in [7, 11) is 1.61. The lowest BCUT2D eigenvalue weighted by molar-refractivity contribution is 0.0931. The summed E-state index contributed by atoms with van der Waals surface area (Å²) in [5.41, 5.74) is 4.02. The van der Waals surface area contributed by atoms with Gasteiger partial charge in [0.25, 0.3) is 5.91 Å². The van der Waals surface area contributed by atoms with Crippen molar-refractivity contribution in [3.05, 3.63) is 53.5 Å². The predicted molar refractivity (Wildman–Crippen MR) is 98.8 cm³/mol. The summed E-state index contributed by atoms with van der Waals surface area (Å²) in [5, 5.41) is 8.53. The van der Waals surface area contributed by atoms with Gasteiger partial charge in [-0.05, 0) is 17.7 Å². The number of ether oxygens (including phenoxy) is 1.